The van der Waals surface area contributed by atoms with E-state index in [0.717, 1.165) is 6.04 Å². The zero-order valence-corrected chi connectivity index (χ0v) is 22.8. The summed E-state index contributed by atoms with van der Waals surface area (Å²) in [5.41, 5.74) is 0. The highest BCUT2D eigenvalue weighted by atomic mass is 28.5. The standard InChI is InChI=1S/C14H38O3Si4.2CO2/c1-14(2)12-13-21(11,16-19(6,7)8)17-20(9,10)15-18(3,4)5;2*2-1-3/h14H,12-13H2,1-11H3;;. The molecule has 0 radical (unpaired) electrons. The second-order valence-corrected chi connectivity index (χ2v) is 25.6. The smallest absolute Gasteiger partial charge is 0.373 e. The van der Waals surface area contributed by atoms with E-state index in [-0.39, 0.29) is 12.3 Å². The number of hydrogen-bond acceptors (Lipinski definition) is 7. The summed E-state index contributed by atoms with van der Waals surface area (Å²) in [6, 6.07) is 1.07. The lowest BCUT2D eigenvalue weighted by Gasteiger charge is -2.41. The summed E-state index contributed by atoms with van der Waals surface area (Å²) in [5.74, 6) is 0.688. The predicted molar refractivity (Wildman–Crippen MR) is 113 cm³/mol. The fourth-order valence-electron chi connectivity index (χ4n) is 2.60. The molecule has 0 saturated carbocycles. The van der Waals surface area contributed by atoms with Gasteiger partial charge in [-0.3, -0.25) is 0 Å². The largest absolute Gasteiger partial charge is 0.437 e. The summed E-state index contributed by atoms with van der Waals surface area (Å²) < 4.78 is 19.6. The van der Waals surface area contributed by atoms with E-state index in [0.29, 0.717) is 5.92 Å². The number of carbonyl (C=O) groups excluding carboxylic acids is 4. The molecule has 0 rings (SSSR count). The van der Waals surface area contributed by atoms with E-state index < -0.39 is 33.8 Å². The van der Waals surface area contributed by atoms with Crippen LogP contribution in [0.15, 0.2) is 0 Å². The molecule has 1 unspecified atom stereocenters. The van der Waals surface area contributed by atoms with E-state index in [1.165, 1.54) is 6.42 Å². The molecule has 11 heteroatoms. The minimum Gasteiger partial charge on any atom is -0.437 e. The van der Waals surface area contributed by atoms with Gasteiger partial charge in [0, 0.05) is 0 Å². The van der Waals surface area contributed by atoms with Gasteiger partial charge in [0.2, 0.25) is 0 Å². The fraction of sp³-hybridized carbons (Fsp3) is 0.875. The highest BCUT2D eigenvalue weighted by Crippen LogP contribution is 2.28. The van der Waals surface area contributed by atoms with E-state index in [1.54, 1.807) is 0 Å². The van der Waals surface area contributed by atoms with Gasteiger partial charge in [0.25, 0.3) is 0 Å². The van der Waals surface area contributed by atoms with Crippen molar-refractivity contribution >= 4 is 46.1 Å². The molecular formula is C16H38O7Si4. The van der Waals surface area contributed by atoms with Crippen LogP contribution >= 0.6 is 0 Å². The Kier molecular flexibility index (Phi) is 15.8. The first-order chi connectivity index (χ1) is 11.9. The molecule has 0 aromatic heterocycles. The van der Waals surface area contributed by atoms with Crippen LogP contribution in [0.5, 0.6) is 0 Å². The third-order valence-corrected chi connectivity index (χ3v) is 16.2. The SMILES string of the molecule is CC(C)CC[Si](C)(O[Si](C)(C)C)O[Si](C)(C)O[Si](C)(C)C.O=C=O.O=C=O. The van der Waals surface area contributed by atoms with Crippen LogP contribution in [0.4, 0.5) is 0 Å². The molecule has 0 fully saturated rings. The monoisotopic (exact) mass is 454 g/mol. The maximum Gasteiger partial charge on any atom is 0.373 e. The van der Waals surface area contributed by atoms with Crippen LogP contribution in [0.1, 0.15) is 20.3 Å². The van der Waals surface area contributed by atoms with Crippen LogP contribution in [0.3, 0.4) is 0 Å². The Morgan fingerprint density at radius 2 is 1.00 bits per heavy atom. The van der Waals surface area contributed by atoms with Crippen molar-refractivity contribution in [3.05, 3.63) is 0 Å². The lowest BCUT2D eigenvalue weighted by Crippen LogP contribution is -2.56. The first-order valence-electron chi connectivity index (χ1n) is 8.96. The maximum absolute atomic E-state index is 8.12. The highest BCUT2D eigenvalue weighted by molar-refractivity contribution is 6.89. The molecule has 0 spiro atoms. The highest BCUT2D eigenvalue weighted by Gasteiger charge is 2.44. The molecule has 7 nitrogen and oxygen atoms in total. The Balaban J connectivity index is -0.000000840. The molecule has 0 aliphatic rings. The fourth-order valence-corrected chi connectivity index (χ4v) is 20.8. The molecule has 0 aromatic carbocycles. The van der Waals surface area contributed by atoms with Crippen LogP contribution < -0.4 is 0 Å². The van der Waals surface area contributed by atoms with Crippen LogP contribution in [0.25, 0.3) is 0 Å². The second kappa shape index (κ2) is 13.6. The Hall–Kier alpha value is -0.492. The van der Waals surface area contributed by atoms with Crippen LogP contribution in [-0.2, 0) is 31.5 Å². The van der Waals surface area contributed by atoms with E-state index >= 15 is 0 Å². The Morgan fingerprint density at radius 3 is 1.26 bits per heavy atom. The normalized spacial score (nSPS) is 13.9. The van der Waals surface area contributed by atoms with Gasteiger partial charge in [0.05, 0.1) is 0 Å². The zero-order chi connectivity index (χ0) is 22.5. The molecule has 0 bridgehead atoms. The zero-order valence-electron chi connectivity index (χ0n) is 18.8. The molecule has 0 amide bonds. The predicted octanol–water partition coefficient (Wildman–Crippen LogP) is 4.36. The number of rotatable bonds is 9. The third kappa shape index (κ3) is 25.5. The summed E-state index contributed by atoms with van der Waals surface area (Å²) >= 11 is 0. The van der Waals surface area contributed by atoms with Crippen molar-refractivity contribution in [2.24, 2.45) is 5.92 Å². The molecule has 0 N–H and O–H groups in total. The molecule has 0 aromatic rings. The Bertz CT molecular complexity index is 460. The summed E-state index contributed by atoms with van der Waals surface area (Å²) in [6.45, 7) is 24.6. The molecule has 0 saturated heterocycles. The average Bonchev–Trinajstić information content (AvgIpc) is 2.32. The van der Waals surface area contributed by atoms with Gasteiger partial charge in [-0.2, -0.15) is 19.2 Å². The first kappa shape index (κ1) is 31.2. The van der Waals surface area contributed by atoms with Gasteiger partial charge in [0.15, 0.2) is 16.6 Å². The van der Waals surface area contributed by atoms with Gasteiger partial charge in [-0.05, 0) is 77.3 Å². The van der Waals surface area contributed by atoms with Gasteiger partial charge >= 0.3 is 29.4 Å². The van der Waals surface area contributed by atoms with Crippen LogP contribution in [-0.4, -0.2) is 46.1 Å². The third-order valence-electron chi connectivity index (χ3n) is 2.71. The summed E-state index contributed by atoms with van der Waals surface area (Å²) in [6.07, 6.45) is 1.67. The average molecular weight is 455 g/mol. The van der Waals surface area contributed by atoms with Crippen molar-refractivity contribution in [1.29, 1.82) is 0 Å². The van der Waals surface area contributed by atoms with E-state index in [4.69, 9.17) is 31.5 Å². The maximum atomic E-state index is 8.12. The molecule has 0 aliphatic carbocycles. The molecule has 0 heterocycles. The van der Waals surface area contributed by atoms with Crippen LogP contribution in [0.2, 0.25) is 65.0 Å². The van der Waals surface area contributed by atoms with Gasteiger partial charge in [0.1, 0.15) is 0 Å². The first-order valence-corrected chi connectivity index (χ1v) is 21.1. The van der Waals surface area contributed by atoms with E-state index in [2.05, 4.69) is 72.8 Å². The van der Waals surface area contributed by atoms with Crippen molar-refractivity contribution < 1.29 is 31.5 Å². The van der Waals surface area contributed by atoms with E-state index in [1.807, 2.05) is 0 Å². The summed E-state index contributed by atoms with van der Waals surface area (Å²) in [4.78, 5) is 32.5. The lowest BCUT2D eigenvalue weighted by atomic mass is 10.2. The van der Waals surface area contributed by atoms with Crippen molar-refractivity contribution in [3.63, 3.8) is 0 Å². The van der Waals surface area contributed by atoms with Crippen LogP contribution in [0, 0.1) is 5.92 Å². The Morgan fingerprint density at radius 1 is 0.667 bits per heavy atom. The number of hydrogen-bond donors (Lipinski definition) is 0. The van der Waals surface area contributed by atoms with Gasteiger partial charge < -0.3 is 12.3 Å². The second-order valence-electron chi connectivity index (χ2n) is 9.16. The van der Waals surface area contributed by atoms with Crippen molar-refractivity contribution in [2.45, 2.75) is 85.2 Å². The quantitative estimate of drug-likeness (QED) is 0.477. The Labute approximate surface area is 168 Å². The van der Waals surface area contributed by atoms with Gasteiger partial charge in [-0.1, -0.05) is 13.8 Å². The molecule has 27 heavy (non-hydrogen) atoms. The topological polar surface area (TPSA) is 96.0 Å². The van der Waals surface area contributed by atoms with E-state index in [9.17, 15) is 0 Å². The van der Waals surface area contributed by atoms with Crippen molar-refractivity contribution in [1.82, 2.24) is 0 Å². The molecule has 160 valence electrons. The van der Waals surface area contributed by atoms with Crippen molar-refractivity contribution in [2.75, 3.05) is 0 Å². The van der Waals surface area contributed by atoms with Crippen molar-refractivity contribution in [3.8, 4) is 0 Å². The molecular weight excluding hydrogens is 417 g/mol. The molecule has 0 aliphatic heterocycles. The minimum atomic E-state index is -2.16. The van der Waals surface area contributed by atoms with Gasteiger partial charge in [-0.15, -0.1) is 0 Å². The lowest BCUT2D eigenvalue weighted by molar-refractivity contribution is -0.193. The summed E-state index contributed by atoms with van der Waals surface area (Å²) in [5, 5.41) is 0. The summed E-state index contributed by atoms with van der Waals surface area (Å²) in [7, 11) is -7.48. The minimum absolute atomic E-state index is 0.250. The molecule has 1 atom stereocenters. The van der Waals surface area contributed by atoms with Gasteiger partial charge in [-0.25, -0.2) is 0 Å².